The van der Waals surface area contributed by atoms with Crippen LogP contribution in [0.2, 0.25) is 0 Å². The van der Waals surface area contributed by atoms with Crippen LogP contribution in [0.3, 0.4) is 0 Å². The van der Waals surface area contributed by atoms with E-state index in [1.165, 1.54) is 12.8 Å². The highest BCUT2D eigenvalue weighted by atomic mass is 16.2. The number of carbonyl (C=O) groups is 2. The predicted octanol–water partition coefficient (Wildman–Crippen LogP) is 2.42. The zero-order valence-electron chi connectivity index (χ0n) is 14.7. The number of amides is 2. The van der Waals surface area contributed by atoms with Gasteiger partial charge in [-0.15, -0.1) is 0 Å². The number of carbonyl (C=O) groups excluding carboxylic acids is 2. The van der Waals surface area contributed by atoms with Crippen LogP contribution in [-0.4, -0.2) is 48.9 Å². The largest absolute Gasteiger partial charge is 0.339 e. The summed E-state index contributed by atoms with van der Waals surface area (Å²) in [7, 11) is 0. The Bertz CT molecular complexity index is 631. The average Bonchev–Trinajstić information content (AvgIpc) is 3.39. The zero-order chi connectivity index (χ0) is 17.2. The summed E-state index contributed by atoms with van der Waals surface area (Å²) in [6.45, 7) is 3.59. The van der Waals surface area contributed by atoms with Crippen LogP contribution < -0.4 is 10.2 Å². The SMILES string of the molecule is O=C(c1ccc(N2CCCC2=O)cc1)N1CCC(NCC2CC2)CC1. The number of hydrogen-bond acceptors (Lipinski definition) is 3. The van der Waals surface area contributed by atoms with Crippen LogP contribution in [0, 0.1) is 5.92 Å². The molecule has 0 aromatic heterocycles. The predicted molar refractivity (Wildman–Crippen MR) is 97.7 cm³/mol. The Hall–Kier alpha value is -1.88. The van der Waals surface area contributed by atoms with Crippen molar-refractivity contribution in [2.45, 2.75) is 44.6 Å². The summed E-state index contributed by atoms with van der Waals surface area (Å²) in [6.07, 6.45) is 6.39. The van der Waals surface area contributed by atoms with Crippen molar-refractivity contribution in [3.63, 3.8) is 0 Å². The molecule has 2 saturated heterocycles. The molecule has 1 saturated carbocycles. The fraction of sp³-hybridized carbons (Fsp3) is 0.600. The molecule has 3 aliphatic rings. The summed E-state index contributed by atoms with van der Waals surface area (Å²) in [6, 6.07) is 8.09. The van der Waals surface area contributed by atoms with Crippen molar-refractivity contribution >= 4 is 17.5 Å². The Morgan fingerprint density at radius 1 is 1.04 bits per heavy atom. The van der Waals surface area contributed by atoms with Crippen LogP contribution in [0.15, 0.2) is 24.3 Å². The molecule has 0 unspecified atom stereocenters. The molecule has 0 bridgehead atoms. The standard InChI is InChI=1S/C20H27N3O2/c24-19-2-1-11-23(19)18-7-5-16(6-8-18)20(25)22-12-9-17(10-13-22)21-14-15-3-4-15/h5-8,15,17,21H,1-4,9-14H2. The topological polar surface area (TPSA) is 52.7 Å². The molecule has 4 rings (SSSR count). The summed E-state index contributed by atoms with van der Waals surface area (Å²) < 4.78 is 0. The summed E-state index contributed by atoms with van der Waals surface area (Å²) >= 11 is 0. The van der Waals surface area contributed by atoms with Gasteiger partial charge < -0.3 is 15.1 Å². The first-order valence-corrected chi connectivity index (χ1v) is 9.64. The monoisotopic (exact) mass is 341 g/mol. The molecule has 1 N–H and O–H groups in total. The van der Waals surface area contributed by atoms with E-state index < -0.39 is 0 Å². The highest BCUT2D eigenvalue weighted by molar-refractivity contribution is 5.97. The van der Waals surface area contributed by atoms with E-state index in [0.717, 1.165) is 62.6 Å². The summed E-state index contributed by atoms with van der Waals surface area (Å²) in [5.74, 6) is 1.19. The number of anilines is 1. The first kappa shape index (κ1) is 16.6. The quantitative estimate of drug-likeness (QED) is 0.895. The maximum atomic E-state index is 12.7. The minimum atomic E-state index is 0.111. The minimum absolute atomic E-state index is 0.111. The molecule has 0 radical (unpaired) electrons. The van der Waals surface area contributed by atoms with Crippen LogP contribution in [0.1, 0.15) is 48.9 Å². The van der Waals surface area contributed by atoms with Gasteiger partial charge >= 0.3 is 0 Å². The van der Waals surface area contributed by atoms with E-state index in [4.69, 9.17) is 0 Å². The van der Waals surface area contributed by atoms with Crippen LogP contribution in [-0.2, 0) is 4.79 Å². The van der Waals surface area contributed by atoms with E-state index in [1.54, 1.807) is 0 Å². The van der Waals surface area contributed by atoms with Crippen molar-refractivity contribution in [1.82, 2.24) is 10.2 Å². The normalized spacial score (nSPS) is 21.8. The second kappa shape index (κ2) is 7.16. The van der Waals surface area contributed by atoms with Gasteiger partial charge in [-0.3, -0.25) is 9.59 Å². The molecule has 1 aliphatic carbocycles. The van der Waals surface area contributed by atoms with Gasteiger partial charge in [0.15, 0.2) is 0 Å². The van der Waals surface area contributed by atoms with Gasteiger partial charge in [-0.1, -0.05) is 0 Å². The van der Waals surface area contributed by atoms with Crippen LogP contribution in [0.5, 0.6) is 0 Å². The smallest absolute Gasteiger partial charge is 0.253 e. The highest BCUT2D eigenvalue weighted by Crippen LogP contribution is 2.28. The van der Waals surface area contributed by atoms with Crippen molar-refractivity contribution in [2.24, 2.45) is 5.92 Å². The van der Waals surface area contributed by atoms with E-state index in [2.05, 4.69) is 5.32 Å². The number of rotatable bonds is 5. The zero-order valence-corrected chi connectivity index (χ0v) is 14.7. The lowest BCUT2D eigenvalue weighted by Gasteiger charge is -2.32. The Morgan fingerprint density at radius 2 is 1.76 bits per heavy atom. The van der Waals surface area contributed by atoms with Crippen molar-refractivity contribution in [3.8, 4) is 0 Å². The number of benzene rings is 1. The average molecular weight is 341 g/mol. The molecule has 2 amide bonds. The van der Waals surface area contributed by atoms with Crippen LogP contribution in [0.4, 0.5) is 5.69 Å². The molecular weight excluding hydrogens is 314 g/mol. The van der Waals surface area contributed by atoms with Gasteiger partial charge in [0.1, 0.15) is 0 Å². The van der Waals surface area contributed by atoms with Gasteiger partial charge in [0.2, 0.25) is 5.91 Å². The lowest BCUT2D eigenvalue weighted by molar-refractivity contribution is -0.117. The third-order valence-corrected chi connectivity index (χ3v) is 5.67. The second-order valence-electron chi connectivity index (χ2n) is 7.61. The molecule has 3 fully saturated rings. The third kappa shape index (κ3) is 3.87. The second-order valence-corrected chi connectivity index (χ2v) is 7.61. The van der Waals surface area contributed by atoms with Gasteiger partial charge in [0.25, 0.3) is 5.91 Å². The fourth-order valence-electron chi connectivity index (χ4n) is 3.83. The van der Waals surface area contributed by atoms with Crippen LogP contribution >= 0.6 is 0 Å². The van der Waals surface area contributed by atoms with Gasteiger partial charge in [0.05, 0.1) is 0 Å². The van der Waals surface area contributed by atoms with Gasteiger partial charge in [-0.25, -0.2) is 0 Å². The lowest BCUT2D eigenvalue weighted by atomic mass is 10.0. The fourth-order valence-corrected chi connectivity index (χ4v) is 3.83. The van der Waals surface area contributed by atoms with E-state index in [1.807, 2.05) is 34.1 Å². The third-order valence-electron chi connectivity index (χ3n) is 5.67. The molecule has 1 aromatic rings. The molecule has 5 nitrogen and oxygen atoms in total. The summed E-state index contributed by atoms with van der Waals surface area (Å²) in [4.78, 5) is 28.3. The molecule has 0 spiro atoms. The van der Waals surface area contributed by atoms with Crippen LogP contribution in [0.25, 0.3) is 0 Å². The first-order valence-electron chi connectivity index (χ1n) is 9.64. The van der Waals surface area contributed by atoms with Gasteiger partial charge in [-0.05, 0) is 68.8 Å². The molecule has 2 heterocycles. The number of piperidine rings is 1. The lowest BCUT2D eigenvalue weighted by Crippen LogP contribution is -2.45. The molecule has 2 aliphatic heterocycles. The Kier molecular flexibility index (Phi) is 4.75. The Balaban J connectivity index is 1.31. The number of nitrogens with zero attached hydrogens (tertiary/aromatic N) is 2. The maximum Gasteiger partial charge on any atom is 0.253 e. The number of nitrogens with one attached hydrogen (secondary N) is 1. The Labute approximate surface area is 149 Å². The van der Waals surface area contributed by atoms with E-state index >= 15 is 0 Å². The van der Waals surface area contributed by atoms with E-state index in [0.29, 0.717) is 12.5 Å². The van der Waals surface area contributed by atoms with E-state index in [9.17, 15) is 9.59 Å². The first-order chi connectivity index (χ1) is 12.2. The molecule has 1 aromatic carbocycles. The van der Waals surface area contributed by atoms with Crippen molar-refractivity contribution in [1.29, 1.82) is 0 Å². The van der Waals surface area contributed by atoms with Crippen molar-refractivity contribution < 1.29 is 9.59 Å². The van der Waals surface area contributed by atoms with Crippen molar-refractivity contribution in [2.75, 3.05) is 31.1 Å². The number of likely N-dealkylation sites (tertiary alicyclic amines) is 1. The summed E-state index contributed by atoms with van der Waals surface area (Å²) in [5.41, 5.74) is 1.63. The maximum absolute atomic E-state index is 12.7. The minimum Gasteiger partial charge on any atom is -0.339 e. The molecule has 0 atom stereocenters. The molecule has 25 heavy (non-hydrogen) atoms. The molecular formula is C20H27N3O2. The Morgan fingerprint density at radius 3 is 2.36 bits per heavy atom. The molecule has 134 valence electrons. The van der Waals surface area contributed by atoms with E-state index in [-0.39, 0.29) is 11.8 Å². The molecule has 5 heteroatoms. The van der Waals surface area contributed by atoms with Crippen molar-refractivity contribution in [3.05, 3.63) is 29.8 Å². The van der Waals surface area contributed by atoms with Gasteiger partial charge in [0, 0.05) is 43.3 Å². The highest BCUT2D eigenvalue weighted by Gasteiger charge is 2.27. The number of hydrogen-bond donors (Lipinski definition) is 1. The van der Waals surface area contributed by atoms with Gasteiger partial charge in [-0.2, -0.15) is 0 Å². The summed E-state index contributed by atoms with van der Waals surface area (Å²) in [5, 5.41) is 3.65.